The fourth-order valence-electron chi connectivity index (χ4n) is 2.34. The molecule has 19 heavy (non-hydrogen) atoms. The number of nitrogens with zero attached hydrogens (tertiary/aromatic N) is 1. The Morgan fingerprint density at radius 3 is 3.11 bits per heavy atom. The Morgan fingerprint density at radius 1 is 1.47 bits per heavy atom. The van der Waals surface area contributed by atoms with Crippen LogP contribution in [0, 0.1) is 0 Å². The SMILES string of the molecule is CCOCCN(C)C(=O)c1cccc2c1NCCC2. The van der Waals surface area contributed by atoms with Crippen molar-refractivity contribution >= 4 is 11.6 Å². The van der Waals surface area contributed by atoms with Crippen LogP contribution in [-0.2, 0) is 11.2 Å². The second-order valence-electron chi connectivity index (χ2n) is 4.79. The standard InChI is InChI=1S/C15H22N2O2/c1-3-19-11-10-17(2)15(18)13-8-4-6-12-7-5-9-16-14(12)13/h4,6,8,16H,3,5,7,9-11H2,1-2H3. The quantitative estimate of drug-likeness (QED) is 0.827. The zero-order chi connectivity index (χ0) is 13.7. The van der Waals surface area contributed by atoms with E-state index >= 15 is 0 Å². The van der Waals surface area contributed by atoms with Crippen molar-refractivity contribution < 1.29 is 9.53 Å². The lowest BCUT2D eigenvalue weighted by atomic mass is 9.99. The highest BCUT2D eigenvalue weighted by atomic mass is 16.5. The number of para-hydroxylation sites is 1. The van der Waals surface area contributed by atoms with Gasteiger partial charge in [0.25, 0.3) is 5.91 Å². The number of carbonyl (C=O) groups excluding carboxylic acids is 1. The number of rotatable bonds is 5. The minimum atomic E-state index is 0.0611. The smallest absolute Gasteiger partial charge is 0.255 e. The number of fused-ring (bicyclic) bond motifs is 1. The largest absolute Gasteiger partial charge is 0.384 e. The molecule has 0 fully saturated rings. The zero-order valence-electron chi connectivity index (χ0n) is 11.7. The summed E-state index contributed by atoms with van der Waals surface area (Å²) in [5.41, 5.74) is 3.04. The van der Waals surface area contributed by atoms with Crippen LogP contribution in [-0.4, -0.2) is 44.2 Å². The van der Waals surface area contributed by atoms with Crippen molar-refractivity contribution in [3.05, 3.63) is 29.3 Å². The number of hydrogen-bond donors (Lipinski definition) is 1. The molecule has 0 unspecified atom stereocenters. The average Bonchev–Trinajstić information content (AvgIpc) is 2.46. The first-order chi connectivity index (χ1) is 9.24. The van der Waals surface area contributed by atoms with Crippen molar-refractivity contribution in [1.29, 1.82) is 0 Å². The van der Waals surface area contributed by atoms with E-state index in [9.17, 15) is 4.79 Å². The van der Waals surface area contributed by atoms with E-state index in [-0.39, 0.29) is 5.91 Å². The Morgan fingerprint density at radius 2 is 2.32 bits per heavy atom. The molecule has 1 aromatic rings. The Labute approximate surface area is 114 Å². The summed E-state index contributed by atoms with van der Waals surface area (Å²) in [5.74, 6) is 0.0611. The molecule has 1 aliphatic rings. The molecule has 2 rings (SSSR count). The van der Waals surface area contributed by atoms with Gasteiger partial charge in [-0.05, 0) is 31.4 Å². The molecule has 0 saturated heterocycles. The number of likely N-dealkylation sites (N-methyl/N-ethyl adjacent to an activating group) is 1. The molecular formula is C15H22N2O2. The summed E-state index contributed by atoms with van der Waals surface area (Å²) in [4.78, 5) is 14.2. The van der Waals surface area contributed by atoms with Crippen LogP contribution in [0.2, 0.25) is 0 Å². The van der Waals surface area contributed by atoms with Gasteiger partial charge in [0, 0.05) is 26.7 Å². The van der Waals surface area contributed by atoms with Crippen molar-refractivity contribution in [2.45, 2.75) is 19.8 Å². The first kappa shape index (κ1) is 13.9. The third-order valence-electron chi connectivity index (χ3n) is 3.43. The minimum absolute atomic E-state index is 0.0611. The first-order valence-electron chi connectivity index (χ1n) is 6.93. The zero-order valence-corrected chi connectivity index (χ0v) is 11.7. The van der Waals surface area contributed by atoms with E-state index in [1.807, 2.05) is 26.1 Å². The Hall–Kier alpha value is -1.55. The van der Waals surface area contributed by atoms with Gasteiger partial charge in [0.1, 0.15) is 0 Å². The summed E-state index contributed by atoms with van der Waals surface area (Å²) >= 11 is 0. The molecule has 0 spiro atoms. The van der Waals surface area contributed by atoms with E-state index in [1.165, 1.54) is 5.56 Å². The summed E-state index contributed by atoms with van der Waals surface area (Å²) in [6, 6.07) is 5.96. The number of aryl methyl sites for hydroxylation is 1. The predicted molar refractivity (Wildman–Crippen MR) is 76.7 cm³/mol. The van der Waals surface area contributed by atoms with Gasteiger partial charge in [-0.1, -0.05) is 12.1 Å². The number of carbonyl (C=O) groups is 1. The summed E-state index contributed by atoms with van der Waals surface area (Å²) in [6.45, 7) is 4.79. The number of benzene rings is 1. The highest BCUT2D eigenvalue weighted by molar-refractivity contribution is 6.00. The molecule has 1 aromatic carbocycles. The van der Waals surface area contributed by atoms with E-state index in [4.69, 9.17) is 4.74 Å². The molecule has 1 N–H and O–H groups in total. The fourth-order valence-corrected chi connectivity index (χ4v) is 2.34. The Balaban J connectivity index is 2.10. The van der Waals surface area contributed by atoms with Crippen molar-refractivity contribution in [3.63, 3.8) is 0 Å². The number of nitrogens with one attached hydrogen (secondary N) is 1. The fraction of sp³-hybridized carbons (Fsp3) is 0.533. The molecule has 0 aromatic heterocycles. The van der Waals surface area contributed by atoms with Crippen molar-refractivity contribution in [1.82, 2.24) is 4.90 Å². The van der Waals surface area contributed by atoms with Gasteiger partial charge in [0.15, 0.2) is 0 Å². The number of anilines is 1. The molecule has 1 heterocycles. The molecule has 0 bridgehead atoms. The summed E-state index contributed by atoms with van der Waals surface area (Å²) in [7, 11) is 1.82. The maximum absolute atomic E-state index is 12.4. The van der Waals surface area contributed by atoms with Crippen LogP contribution in [0.25, 0.3) is 0 Å². The molecule has 0 radical (unpaired) electrons. The minimum Gasteiger partial charge on any atom is -0.384 e. The van der Waals surface area contributed by atoms with Gasteiger partial charge >= 0.3 is 0 Å². The molecule has 1 amide bonds. The topological polar surface area (TPSA) is 41.6 Å². The van der Waals surface area contributed by atoms with E-state index in [0.29, 0.717) is 19.8 Å². The van der Waals surface area contributed by atoms with Crippen molar-refractivity contribution in [2.24, 2.45) is 0 Å². The van der Waals surface area contributed by atoms with Crippen LogP contribution in [0.15, 0.2) is 18.2 Å². The molecule has 104 valence electrons. The van der Waals surface area contributed by atoms with Gasteiger partial charge < -0.3 is 15.0 Å². The lowest BCUT2D eigenvalue weighted by Gasteiger charge is -2.23. The van der Waals surface area contributed by atoms with Crippen LogP contribution < -0.4 is 5.32 Å². The molecule has 1 aliphatic heterocycles. The second-order valence-corrected chi connectivity index (χ2v) is 4.79. The van der Waals surface area contributed by atoms with Crippen LogP contribution in [0.4, 0.5) is 5.69 Å². The molecule has 4 heteroatoms. The molecular weight excluding hydrogens is 240 g/mol. The monoisotopic (exact) mass is 262 g/mol. The lowest BCUT2D eigenvalue weighted by Crippen LogP contribution is -2.31. The van der Waals surface area contributed by atoms with Crippen LogP contribution in [0.5, 0.6) is 0 Å². The van der Waals surface area contributed by atoms with Gasteiger partial charge in [-0.15, -0.1) is 0 Å². The Bertz CT molecular complexity index is 446. The third kappa shape index (κ3) is 3.26. The van der Waals surface area contributed by atoms with Gasteiger partial charge in [-0.3, -0.25) is 4.79 Å². The molecule has 4 nitrogen and oxygen atoms in total. The number of amides is 1. The van der Waals surface area contributed by atoms with E-state index in [0.717, 1.165) is 30.6 Å². The third-order valence-corrected chi connectivity index (χ3v) is 3.43. The molecule has 0 atom stereocenters. The lowest BCUT2D eigenvalue weighted by molar-refractivity contribution is 0.0710. The van der Waals surface area contributed by atoms with Gasteiger partial charge in [0.05, 0.1) is 17.9 Å². The normalized spacial score (nSPS) is 13.6. The van der Waals surface area contributed by atoms with Crippen molar-refractivity contribution in [2.75, 3.05) is 38.7 Å². The van der Waals surface area contributed by atoms with Crippen LogP contribution in [0.1, 0.15) is 29.3 Å². The van der Waals surface area contributed by atoms with E-state index in [1.54, 1.807) is 4.90 Å². The van der Waals surface area contributed by atoms with Gasteiger partial charge in [-0.25, -0.2) is 0 Å². The average molecular weight is 262 g/mol. The Kier molecular flexibility index (Phi) is 4.80. The first-order valence-corrected chi connectivity index (χ1v) is 6.93. The highest BCUT2D eigenvalue weighted by Crippen LogP contribution is 2.26. The summed E-state index contributed by atoms with van der Waals surface area (Å²) in [5, 5.41) is 3.36. The van der Waals surface area contributed by atoms with Crippen molar-refractivity contribution in [3.8, 4) is 0 Å². The maximum Gasteiger partial charge on any atom is 0.255 e. The number of hydrogen-bond acceptors (Lipinski definition) is 3. The molecule has 0 saturated carbocycles. The van der Waals surface area contributed by atoms with Crippen LogP contribution >= 0.6 is 0 Å². The molecule has 0 aliphatic carbocycles. The second kappa shape index (κ2) is 6.57. The van der Waals surface area contributed by atoms with Gasteiger partial charge in [-0.2, -0.15) is 0 Å². The summed E-state index contributed by atoms with van der Waals surface area (Å²) in [6.07, 6.45) is 2.18. The van der Waals surface area contributed by atoms with Crippen LogP contribution in [0.3, 0.4) is 0 Å². The predicted octanol–water partition coefficient (Wildman–Crippen LogP) is 2.15. The maximum atomic E-state index is 12.4. The highest BCUT2D eigenvalue weighted by Gasteiger charge is 2.19. The van der Waals surface area contributed by atoms with E-state index < -0.39 is 0 Å². The number of ether oxygens (including phenoxy) is 1. The summed E-state index contributed by atoms with van der Waals surface area (Å²) < 4.78 is 5.29. The van der Waals surface area contributed by atoms with Gasteiger partial charge in [0.2, 0.25) is 0 Å². The van der Waals surface area contributed by atoms with E-state index in [2.05, 4.69) is 11.4 Å².